The van der Waals surface area contributed by atoms with E-state index in [0.29, 0.717) is 17.0 Å². The Morgan fingerprint density at radius 2 is 1.84 bits per heavy atom. The third kappa shape index (κ3) is 6.09. The molecule has 0 aliphatic carbocycles. The largest absolute Gasteiger partial charge is 0.435 e. The molecule has 1 aliphatic heterocycles. The van der Waals surface area contributed by atoms with Gasteiger partial charge in [-0.1, -0.05) is 26.0 Å². The third-order valence-corrected chi connectivity index (χ3v) is 5.36. The minimum absolute atomic E-state index is 0.00101. The van der Waals surface area contributed by atoms with Gasteiger partial charge in [-0.3, -0.25) is 0 Å². The van der Waals surface area contributed by atoms with Crippen LogP contribution in [0.4, 0.5) is 24.8 Å². The lowest BCUT2D eigenvalue weighted by atomic mass is 9.83. The lowest BCUT2D eigenvalue weighted by molar-refractivity contribution is -0.0498. The van der Waals surface area contributed by atoms with Crippen LogP contribution in [0.2, 0.25) is 0 Å². The Kier molecular flexibility index (Phi) is 7.17. The minimum Gasteiger partial charge on any atom is -0.435 e. The Hall–Kier alpha value is -3.36. The highest BCUT2D eigenvalue weighted by molar-refractivity contribution is 6.15. The smallest absolute Gasteiger partial charge is 0.387 e. The molecule has 0 spiro atoms. The van der Waals surface area contributed by atoms with Crippen molar-refractivity contribution >= 4 is 29.3 Å². The zero-order valence-corrected chi connectivity index (χ0v) is 18.0. The van der Waals surface area contributed by atoms with Crippen molar-refractivity contribution in [2.75, 3.05) is 18.0 Å². The number of nitrogens with one attached hydrogen (secondary N) is 1. The van der Waals surface area contributed by atoms with Gasteiger partial charge in [-0.15, -0.1) is 0 Å². The van der Waals surface area contributed by atoms with Crippen LogP contribution in [-0.4, -0.2) is 36.7 Å². The molecular formula is C23H26F3N5O. The summed E-state index contributed by atoms with van der Waals surface area (Å²) < 4.78 is 43.2. The normalized spacial score (nSPS) is 16.9. The Bertz CT molecular complexity index is 1010. The van der Waals surface area contributed by atoms with E-state index in [0.717, 1.165) is 32.1 Å². The first-order valence-corrected chi connectivity index (χ1v) is 10.2. The van der Waals surface area contributed by atoms with Gasteiger partial charge in [-0.2, -0.15) is 8.78 Å². The van der Waals surface area contributed by atoms with Gasteiger partial charge in [0.05, 0.1) is 0 Å². The minimum atomic E-state index is -2.92. The van der Waals surface area contributed by atoms with E-state index < -0.39 is 12.4 Å². The molecule has 0 radical (unpaired) electrons. The van der Waals surface area contributed by atoms with Crippen LogP contribution >= 0.6 is 0 Å². The molecule has 9 heteroatoms. The van der Waals surface area contributed by atoms with E-state index in [-0.39, 0.29) is 22.8 Å². The van der Waals surface area contributed by atoms with Crippen molar-refractivity contribution in [3.63, 3.8) is 0 Å². The second kappa shape index (κ2) is 9.84. The average molecular weight is 445 g/mol. The molecule has 32 heavy (non-hydrogen) atoms. The molecule has 0 amide bonds. The number of halogens is 3. The highest BCUT2D eigenvalue weighted by Gasteiger charge is 2.26. The van der Waals surface area contributed by atoms with Crippen LogP contribution in [0.5, 0.6) is 5.75 Å². The highest BCUT2D eigenvalue weighted by Crippen LogP contribution is 2.32. The fraction of sp³-hybridized carbons (Fsp3) is 0.348. The number of aliphatic imine (C=N–C) groups is 1. The lowest BCUT2D eigenvalue weighted by Crippen LogP contribution is -2.37. The predicted molar refractivity (Wildman–Crippen MR) is 121 cm³/mol. The zero-order valence-electron chi connectivity index (χ0n) is 18.0. The number of anilines is 1. The molecule has 1 aromatic carbocycles. The van der Waals surface area contributed by atoms with Gasteiger partial charge in [0, 0.05) is 24.9 Å². The standard InChI is InChI=1S/C23H26F3N5O/c1-23(2)9-11-31(12-10-23)20-8-7-18(24)21(30-20)29-19(28)13-16(14-27)15-3-5-17(6-4-15)32-22(25)26/h3-8,13-14,22,27H,9-12H2,1-2H3,(H2,28,29,30)/b16-13+,27-14?. The van der Waals surface area contributed by atoms with E-state index in [1.807, 2.05) is 0 Å². The lowest BCUT2D eigenvalue weighted by Gasteiger charge is -2.37. The van der Waals surface area contributed by atoms with Gasteiger partial charge in [0.2, 0.25) is 0 Å². The summed E-state index contributed by atoms with van der Waals surface area (Å²) in [4.78, 5) is 10.5. The Labute approximate surface area is 185 Å². The summed E-state index contributed by atoms with van der Waals surface area (Å²) in [6, 6.07) is 8.69. The van der Waals surface area contributed by atoms with Crippen LogP contribution in [0.25, 0.3) is 5.57 Å². The fourth-order valence-electron chi connectivity index (χ4n) is 3.37. The van der Waals surface area contributed by atoms with Gasteiger partial charge in [0.1, 0.15) is 17.4 Å². The molecule has 1 aliphatic rings. The average Bonchev–Trinajstić information content (AvgIpc) is 2.74. The molecule has 1 aromatic heterocycles. The van der Waals surface area contributed by atoms with E-state index in [2.05, 4.69) is 33.5 Å². The van der Waals surface area contributed by atoms with E-state index in [1.54, 1.807) is 6.07 Å². The van der Waals surface area contributed by atoms with Crippen molar-refractivity contribution in [2.24, 2.45) is 16.1 Å². The molecule has 0 unspecified atom stereocenters. The highest BCUT2D eigenvalue weighted by atomic mass is 19.3. The molecule has 0 atom stereocenters. The summed E-state index contributed by atoms with van der Waals surface area (Å²) in [5, 5.41) is 7.63. The maximum absolute atomic E-state index is 14.3. The molecular weight excluding hydrogens is 419 g/mol. The van der Waals surface area contributed by atoms with Crippen LogP contribution in [-0.2, 0) is 0 Å². The fourth-order valence-corrected chi connectivity index (χ4v) is 3.37. The van der Waals surface area contributed by atoms with Crippen LogP contribution in [0.1, 0.15) is 32.3 Å². The van der Waals surface area contributed by atoms with Crippen molar-refractivity contribution < 1.29 is 17.9 Å². The van der Waals surface area contributed by atoms with Crippen molar-refractivity contribution in [3.8, 4) is 5.75 Å². The summed E-state index contributed by atoms with van der Waals surface area (Å²) in [6.07, 6.45) is 4.47. The monoisotopic (exact) mass is 445 g/mol. The first-order chi connectivity index (χ1) is 15.2. The topological polar surface area (TPSA) is 87.6 Å². The van der Waals surface area contributed by atoms with E-state index in [9.17, 15) is 13.2 Å². The van der Waals surface area contributed by atoms with E-state index in [4.69, 9.17) is 11.1 Å². The second-order valence-corrected chi connectivity index (χ2v) is 8.31. The Balaban J connectivity index is 1.81. The number of alkyl halides is 2. The number of amidine groups is 1. The maximum Gasteiger partial charge on any atom is 0.387 e. The molecule has 170 valence electrons. The molecule has 1 fully saturated rings. The summed E-state index contributed by atoms with van der Waals surface area (Å²) in [6.45, 7) is 3.19. The number of pyridine rings is 1. The summed E-state index contributed by atoms with van der Waals surface area (Å²) in [7, 11) is 0. The molecule has 3 rings (SSSR count). The van der Waals surface area contributed by atoms with Crippen LogP contribution in [0, 0.1) is 16.6 Å². The molecule has 3 N–H and O–H groups in total. The van der Waals surface area contributed by atoms with Crippen molar-refractivity contribution in [1.29, 1.82) is 5.41 Å². The van der Waals surface area contributed by atoms with Gasteiger partial charge < -0.3 is 20.8 Å². The van der Waals surface area contributed by atoms with Gasteiger partial charge in [0.15, 0.2) is 11.6 Å². The van der Waals surface area contributed by atoms with E-state index in [1.165, 1.54) is 36.4 Å². The Morgan fingerprint density at radius 1 is 1.19 bits per heavy atom. The number of allylic oxidation sites excluding steroid dienone is 1. The summed E-state index contributed by atoms with van der Waals surface area (Å²) in [5.41, 5.74) is 7.16. The molecule has 2 aromatic rings. The SMILES string of the molecule is CC1(C)CCN(c2ccc(F)c(/N=C(N)/C=C(\C=N)c3ccc(OC(F)F)cc3)n2)CC1. The first-order valence-electron chi connectivity index (χ1n) is 10.2. The summed E-state index contributed by atoms with van der Waals surface area (Å²) in [5.74, 6) is -0.142. The van der Waals surface area contributed by atoms with Crippen LogP contribution in [0.15, 0.2) is 47.5 Å². The van der Waals surface area contributed by atoms with E-state index >= 15 is 0 Å². The molecule has 0 bridgehead atoms. The molecule has 6 nitrogen and oxygen atoms in total. The number of benzene rings is 1. The number of ether oxygens (including phenoxy) is 1. The number of hydrogen-bond acceptors (Lipinski definition) is 5. The first kappa shape index (κ1) is 23.3. The number of rotatable bonds is 7. The van der Waals surface area contributed by atoms with Crippen LogP contribution < -0.4 is 15.4 Å². The van der Waals surface area contributed by atoms with Crippen LogP contribution in [0.3, 0.4) is 0 Å². The number of aromatic nitrogens is 1. The van der Waals surface area contributed by atoms with Crippen molar-refractivity contribution in [2.45, 2.75) is 33.3 Å². The van der Waals surface area contributed by atoms with Gasteiger partial charge in [-0.25, -0.2) is 14.4 Å². The summed E-state index contributed by atoms with van der Waals surface area (Å²) >= 11 is 0. The quantitative estimate of drug-likeness (QED) is 0.455. The Morgan fingerprint density at radius 3 is 2.44 bits per heavy atom. The number of nitrogens with two attached hydrogens (primary N) is 1. The van der Waals surface area contributed by atoms with Gasteiger partial charge in [0.25, 0.3) is 0 Å². The number of nitrogens with zero attached hydrogens (tertiary/aromatic N) is 3. The van der Waals surface area contributed by atoms with Gasteiger partial charge >= 0.3 is 6.61 Å². The third-order valence-electron chi connectivity index (χ3n) is 5.36. The van der Waals surface area contributed by atoms with Crippen molar-refractivity contribution in [1.82, 2.24) is 4.98 Å². The number of hydrogen-bond donors (Lipinski definition) is 2. The molecule has 0 saturated carbocycles. The maximum atomic E-state index is 14.3. The number of piperidine rings is 1. The molecule has 2 heterocycles. The zero-order chi connectivity index (χ0) is 23.3. The van der Waals surface area contributed by atoms with Gasteiger partial charge in [-0.05, 0) is 54.2 Å². The second-order valence-electron chi connectivity index (χ2n) is 8.31. The predicted octanol–water partition coefficient (Wildman–Crippen LogP) is 5.17. The van der Waals surface area contributed by atoms with Crippen molar-refractivity contribution in [3.05, 3.63) is 53.9 Å². The molecule has 1 saturated heterocycles.